The van der Waals surface area contributed by atoms with Gasteiger partial charge in [0.1, 0.15) is 17.2 Å². The number of halogens is 1. The van der Waals surface area contributed by atoms with E-state index in [1.807, 2.05) is 13.1 Å². The number of hydrogen-bond acceptors (Lipinski definition) is 2. The summed E-state index contributed by atoms with van der Waals surface area (Å²) in [4.78, 5) is 0. The lowest BCUT2D eigenvalue weighted by atomic mass is 9.84. The van der Waals surface area contributed by atoms with Crippen LogP contribution in [0, 0.1) is 5.82 Å². The third-order valence-corrected chi connectivity index (χ3v) is 3.98. The number of furan rings is 1. The zero-order valence-electron chi connectivity index (χ0n) is 10.6. The van der Waals surface area contributed by atoms with E-state index in [2.05, 4.69) is 5.32 Å². The first-order valence-corrected chi connectivity index (χ1v) is 6.62. The Morgan fingerprint density at radius 1 is 1.28 bits per heavy atom. The summed E-state index contributed by atoms with van der Waals surface area (Å²) in [7, 11) is 2.01. The van der Waals surface area contributed by atoms with Gasteiger partial charge in [-0.15, -0.1) is 0 Å². The minimum atomic E-state index is -0.202. The van der Waals surface area contributed by atoms with Crippen molar-refractivity contribution >= 4 is 11.0 Å². The van der Waals surface area contributed by atoms with Crippen LogP contribution in [0.3, 0.4) is 0 Å². The fourth-order valence-electron chi connectivity index (χ4n) is 2.95. The largest absolute Gasteiger partial charge is 0.461 e. The van der Waals surface area contributed by atoms with E-state index in [0.717, 1.165) is 23.2 Å². The van der Waals surface area contributed by atoms with Crippen molar-refractivity contribution in [2.45, 2.75) is 37.6 Å². The fourth-order valence-corrected chi connectivity index (χ4v) is 2.95. The van der Waals surface area contributed by atoms with Crippen LogP contribution >= 0.6 is 0 Å². The van der Waals surface area contributed by atoms with Crippen LogP contribution in [0.2, 0.25) is 0 Å². The lowest BCUT2D eigenvalue weighted by Gasteiger charge is -2.27. The van der Waals surface area contributed by atoms with E-state index in [4.69, 9.17) is 4.42 Å². The van der Waals surface area contributed by atoms with Gasteiger partial charge in [0.25, 0.3) is 0 Å². The third-order valence-electron chi connectivity index (χ3n) is 3.98. The second-order valence-electron chi connectivity index (χ2n) is 5.18. The normalized spacial score (nSPS) is 24.6. The molecule has 0 radical (unpaired) electrons. The van der Waals surface area contributed by atoms with Gasteiger partial charge in [0, 0.05) is 17.3 Å². The van der Waals surface area contributed by atoms with Gasteiger partial charge in [0.05, 0.1) is 0 Å². The third kappa shape index (κ3) is 2.15. The number of rotatable bonds is 2. The van der Waals surface area contributed by atoms with E-state index in [1.165, 1.54) is 25.3 Å². The zero-order chi connectivity index (χ0) is 12.5. The molecular formula is C15H18FNO. The van der Waals surface area contributed by atoms with Gasteiger partial charge in [0.15, 0.2) is 0 Å². The van der Waals surface area contributed by atoms with E-state index in [9.17, 15) is 4.39 Å². The average Bonchev–Trinajstić information content (AvgIpc) is 2.81. The summed E-state index contributed by atoms with van der Waals surface area (Å²) >= 11 is 0. The second-order valence-corrected chi connectivity index (χ2v) is 5.18. The Balaban J connectivity index is 1.89. The van der Waals surface area contributed by atoms with E-state index < -0.39 is 0 Å². The molecule has 0 saturated heterocycles. The van der Waals surface area contributed by atoms with Crippen molar-refractivity contribution < 1.29 is 8.81 Å². The van der Waals surface area contributed by atoms with E-state index in [-0.39, 0.29) is 5.82 Å². The minimum absolute atomic E-state index is 0.202. The predicted octanol–water partition coefficient (Wildman–Crippen LogP) is 3.82. The molecule has 1 aliphatic carbocycles. The molecule has 1 saturated carbocycles. The molecule has 1 aromatic carbocycles. The summed E-state index contributed by atoms with van der Waals surface area (Å²) in [6, 6.07) is 7.29. The molecule has 2 unspecified atom stereocenters. The van der Waals surface area contributed by atoms with Crippen molar-refractivity contribution in [2.75, 3.05) is 7.05 Å². The van der Waals surface area contributed by atoms with Gasteiger partial charge in [-0.25, -0.2) is 4.39 Å². The maximum atomic E-state index is 13.2. The molecular weight excluding hydrogens is 229 g/mol. The summed E-state index contributed by atoms with van der Waals surface area (Å²) in [5.41, 5.74) is 0.790. The first-order chi connectivity index (χ1) is 8.76. The van der Waals surface area contributed by atoms with Crippen LogP contribution in [0.1, 0.15) is 37.4 Å². The van der Waals surface area contributed by atoms with Gasteiger partial charge in [-0.1, -0.05) is 6.42 Å². The van der Waals surface area contributed by atoms with Crippen LogP contribution in [0.25, 0.3) is 11.0 Å². The van der Waals surface area contributed by atoms with Gasteiger partial charge in [-0.3, -0.25) is 0 Å². The molecule has 0 spiro atoms. The smallest absolute Gasteiger partial charge is 0.134 e. The highest BCUT2D eigenvalue weighted by Gasteiger charge is 2.24. The van der Waals surface area contributed by atoms with E-state index in [1.54, 1.807) is 12.1 Å². The highest BCUT2D eigenvalue weighted by molar-refractivity contribution is 5.78. The number of hydrogen-bond donors (Lipinski definition) is 1. The molecule has 0 bridgehead atoms. The summed E-state index contributed by atoms with van der Waals surface area (Å²) in [5, 5.41) is 4.22. The molecule has 18 heavy (non-hydrogen) atoms. The standard InChI is InChI=1S/C15H18FNO/c1-17-13-4-2-3-10(8-13)15-9-11-7-12(16)5-6-14(11)18-15/h5-7,9-10,13,17H,2-4,8H2,1H3. The van der Waals surface area contributed by atoms with Gasteiger partial charge >= 0.3 is 0 Å². The summed E-state index contributed by atoms with van der Waals surface area (Å²) in [6.45, 7) is 0. The highest BCUT2D eigenvalue weighted by Crippen LogP contribution is 2.35. The van der Waals surface area contributed by atoms with Crippen molar-refractivity contribution in [3.63, 3.8) is 0 Å². The van der Waals surface area contributed by atoms with Crippen molar-refractivity contribution in [3.05, 3.63) is 35.8 Å². The molecule has 1 aromatic heterocycles. The van der Waals surface area contributed by atoms with Crippen LogP contribution < -0.4 is 5.32 Å². The Hall–Kier alpha value is -1.35. The minimum Gasteiger partial charge on any atom is -0.461 e. The Morgan fingerprint density at radius 2 is 2.17 bits per heavy atom. The summed E-state index contributed by atoms with van der Waals surface area (Å²) in [5.74, 6) is 1.27. The molecule has 0 amide bonds. The molecule has 2 nitrogen and oxygen atoms in total. The topological polar surface area (TPSA) is 25.2 Å². The van der Waals surface area contributed by atoms with Crippen LogP contribution in [-0.2, 0) is 0 Å². The lowest BCUT2D eigenvalue weighted by Crippen LogP contribution is -2.30. The van der Waals surface area contributed by atoms with E-state index in [0.29, 0.717) is 12.0 Å². The van der Waals surface area contributed by atoms with Crippen LogP contribution in [0.4, 0.5) is 4.39 Å². The summed E-state index contributed by atoms with van der Waals surface area (Å²) in [6.07, 6.45) is 4.74. The van der Waals surface area contributed by atoms with Crippen LogP contribution in [-0.4, -0.2) is 13.1 Å². The monoisotopic (exact) mass is 247 g/mol. The predicted molar refractivity (Wildman–Crippen MR) is 70.2 cm³/mol. The number of fused-ring (bicyclic) bond motifs is 1. The van der Waals surface area contributed by atoms with Gasteiger partial charge in [-0.2, -0.15) is 0 Å². The number of nitrogens with one attached hydrogen (secondary N) is 1. The maximum absolute atomic E-state index is 13.2. The molecule has 3 heteroatoms. The molecule has 1 heterocycles. The summed E-state index contributed by atoms with van der Waals surface area (Å²) < 4.78 is 19.0. The van der Waals surface area contributed by atoms with Crippen molar-refractivity contribution in [1.82, 2.24) is 5.32 Å². The average molecular weight is 247 g/mol. The lowest BCUT2D eigenvalue weighted by molar-refractivity contribution is 0.325. The molecule has 1 aliphatic rings. The molecule has 96 valence electrons. The first-order valence-electron chi connectivity index (χ1n) is 6.62. The molecule has 1 N–H and O–H groups in total. The highest BCUT2D eigenvalue weighted by atomic mass is 19.1. The molecule has 0 aliphatic heterocycles. The van der Waals surface area contributed by atoms with Gasteiger partial charge < -0.3 is 9.73 Å². The van der Waals surface area contributed by atoms with Crippen molar-refractivity contribution in [2.24, 2.45) is 0 Å². The number of benzene rings is 1. The molecule has 2 atom stereocenters. The van der Waals surface area contributed by atoms with Crippen molar-refractivity contribution in [3.8, 4) is 0 Å². The SMILES string of the molecule is CNC1CCCC(c2cc3cc(F)ccc3o2)C1. The Bertz CT molecular complexity index is 548. The Kier molecular flexibility index (Phi) is 3.08. The quantitative estimate of drug-likeness (QED) is 0.872. The first kappa shape index (κ1) is 11.7. The van der Waals surface area contributed by atoms with Gasteiger partial charge in [-0.05, 0) is 50.6 Å². The molecule has 1 fully saturated rings. The maximum Gasteiger partial charge on any atom is 0.134 e. The zero-order valence-corrected chi connectivity index (χ0v) is 10.6. The Morgan fingerprint density at radius 3 is 3.00 bits per heavy atom. The molecule has 2 aromatic rings. The Labute approximate surface area is 106 Å². The van der Waals surface area contributed by atoms with Crippen LogP contribution in [0.15, 0.2) is 28.7 Å². The van der Waals surface area contributed by atoms with Crippen molar-refractivity contribution in [1.29, 1.82) is 0 Å². The van der Waals surface area contributed by atoms with Crippen LogP contribution in [0.5, 0.6) is 0 Å². The fraction of sp³-hybridized carbons (Fsp3) is 0.467. The second kappa shape index (κ2) is 4.73. The van der Waals surface area contributed by atoms with E-state index >= 15 is 0 Å². The molecule has 3 rings (SSSR count). The van der Waals surface area contributed by atoms with Gasteiger partial charge in [0.2, 0.25) is 0 Å².